The van der Waals surface area contributed by atoms with Gasteiger partial charge in [-0.15, -0.1) is 0 Å². The van der Waals surface area contributed by atoms with Crippen LogP contribution in [0.15, 0.2) is 35.8 Å². The van der Waals surface area contributed by atoms with Crippen LogP contribution < -0.4 is 0 Å². The summed E-state index contributed by atoms with van der Waals surface area (Å²) in [6, 6.07) is 9.67. The van der Waals surface area contributed by atoms with E-state index in [0.29, 0.717) is 5.47 Å². The van der Waals surface area contributed by atoms with Crippen molar-refractivity contribution in [2.45, 2.75) is 38.9 Å². The van der Waals surface area contributed by atoms with Gasteiger partial charge in [0.25, 0.3) is 0 Å². The van der Waals surface area contributed by atoms with E-state index in [1.807, 2.05) is 58.0 Å². The van der Waals surface area contributed by atoms with Gasteiger partial charge >= 0.3 is 7.12 Å². The number of allylic oxidation sites excluding steroid dienone is 1. The summed E-state index contributed by atoms with van der Waals surface area (Å²) in [5.41, 5.74) is 0.594. The molecule has 1 heterocycles. The van der Waals surface area contributed by atoms with Gasteiger partial charge in [0, 0.05) is 5.47 Å². The molecule has 1 aromatic rings. The fourth-order valence-electron chi connectivity index (χ4n) is 1.88. The lowest BCUT2D eigenvalue weighted by Gasteiger charge is -2.32. The van der Waals surface area contributed by atoms with Gasteiger partial charge in [-0.1, -0.05) is 36.4 Å². The average Bonchev–Trinajstić information content (AvgIpc) is 2.56. The maximum absolute atomic E-state index is 11.3. The largest absolute Gasteiger partial charge is 0.498 e. The predicted molar refractivity (Wildman–Crippen MR) is 76.6 cm³/mol. The SMILES string of the molecule is CC1(C)OB(C(C=O)=Cc2ccccc2)OC1(C)C. The van der Waals surface area contributed by atoms with E-state index >= 15 is 0 Å². The first-order valence-electron chi connectivity index (χ1n) is 6.43. The van der Waals surface area contributed by atoms with E-state index in [1.165, 1.54) is 0 Å². The lowest BCUT2D eigenvalue weighted by molar-refractivity contribution is -0.104. The molecule has 0 aromatic heterocycles. The van der Waals surface area contributed by atoms with Gasteiger partial charge in [0.1, 0.15) is 6.29 Å². The van der Waals surface area contributed by atoms with Crippen molar-refractivity contribution in [2.75, 3.05) is 0 Å². The van der Waals surface area contributed by atoms with Crippen LogP contribution in [0.5, 0.6) is 0 Å². The van der Waals surface area contributed by atoms with Crippen molar-refractivity contribution in [1.29, 1.82) is 0 Å². The van der Waals surface area contributed by atoms with Gasteiger partial charge in [0.2, 0.25) is 0 Å². The van der Waals surface area contributed by atoms with Gasteiger partial charge in [0.15, 0.2) is 0 Å². The van der Waals surface area contributed by atoms with E-state index in [1.54, 1.807) is 6.08 Å². The molecule has 19 heavy (non-hydrogen) atoms. The summed E-state index contributed by atoms with van der Waals surface area (Å²) in [5.74, 6) is 0. The van der Waals surface area contributed by atoms with Gasteiger partial charge in [-0.2, -0.15) is 0 Å². The zero-order chi connectivity index (χ0) is 14.1. The number of rotatable bonds is 3. The Morgan fingerprint density at radius 1 is 1.05 bits per heavy atom. The maximum atomic E-state index is 11.3. The number of carbonyl (C=O) groups is 1. The molecule has 0 amide bonds. The predicted octanol–water partition coefficient (Wildman–Crippen LogP) is 2.90. The van der Waals surface area contributed by atoms with Crippen LogP contribution >= 0.6 is 0 Å². The van der Waals surface area contributed by atoms with Crippen LogP contribution in [0.3, 0.4) is 0 Å². The first-order valence-corrected chi connectivity index (χ1v) is 6.43. The minimum atomic E-state index is -0.609. The summed E-state index contributed by atoms with van der Waals surface area (Å²) in [6.07, 6.45) is 2.60. The average molecular weight is 258 g/mol. The smallest absolute Gasteiger partial charge is 0.399 e. The fraction of sp³-hybridized carbons (Fsp3) is 0.400. The number of hydrogen-bond donors (Lipinski definition) is 0. The van der Waals surface area contributed by atoms with Gasteiger partial charge < -0.3 is 9.31 Å². The minimum absolute atomic E-state index is 0.434. The molecular weight excluding hydrogens is 239 g/mol. The van der Waals surface area contributed by atoms with E-state index in [-0.39, 0.29) is 0 Å². The standard InChI is InChI=1S/C15H19BO3/c1-14(2)15(3,4)19-16(18-14)13(11-17)10-12-8-6-5-7-9-12/h5-11H,1-4H3. The topological polar surface area (TPSA) is 35.5 Å². The van der Waals surface area contributed by atoms with Crippen molar-refractivity contribution in [3.63, 3.8) is 0 Å². The number of benzene rings is 1. The number of hydrogen-bond acceptors (Lipinski definition) is 3. The summed E-state index contributed by atoms with van der Waals surface area (Å²) in [5, 5.41) is 0. The van der Waals surface area contributed by atoms with Crippen molar-refractivity contribution in [3.8, 4) is 0 Å². The van der Waals surface area contributed by atoms with Crippen molar-refractivity contribution in [3.05, 3.63) is 41.4 Å². The Morgan fingerprint density at radius 2 is 1.58 bits per heavy atom. The Kier molecular flexibility index (Phi) is 3.65. The third-order valence-corrected chi connectivity index (χ3v) is 3.79. The Bertz CT molecular complexity index is 475. The molecule has 0 spiro atoms. The van der Waals surface area contributed by atoms with Crippen molar-refractivity contribution >= 4 is 19.5 Å². The Morgan fingerprint density at radius 3 is 2.05 bits per heavy atom. The van der Waals surface area contributed by atoms with Gasteiger partial charge in [-0.3, -0.25) is 4.79 Å². The molecule has 1 aliphatic rings. The highest BCUT2D eigenvalue weighted by Gasteiger charge is 2.52. The van der Waals surface area contributed by atoms with Crippen LogP contribution in [0.1, 0.15) is 33.3 Å². The molecule has 0 N–H and O–H groups in total. The van der Waals surface area contributed by atoms with Crippen molar-refractivity contribution < 1.29 is 14.1 Å². The van der Waals surface area contributed by atoms with Crippen molar-refractivity contribution in [1.82, 2.24) is 0 Å². The normalized spacial score (nSPS) is 21.5. The second-order valence-electron chi connectivity index (χ2n) is 5.76. The van der Waals surface area contributed by atoms with Gasteiger partial charge in [0.05, 0.1) is 11.2 Å². The van der Waals surface area contributed by atoms with E-state index in [0.717, 1.165) is 11.8 Å². The Labute approximate surface area is 114 Å². The van der Waals surface area contributed by atoms with Crippen LogP contribution in [0.25, 0.3) is 6.08 Å². The lowest BCUT2D eigenvalue weighted by Crippen LogP contribution is -2.41. The summed E-state index contributed by atoms with van der Waals surface area (Å²) in [4.78, 5) is 11.3. The van der Waals surface area contributed by atoms with E-state index in [9.17, 15) is 4.79 Å². The molecule has 0 saturated carbocycles. The monoisotopic (exact) mass is 258 g/mol. The van der Waals surface area contributed by atoms with Crippen LogP contribution in [-0.2, 0) is 14.1 Å². The molecule has 1 aromatic carbocycles. The third kappa shape index (κ3) is 2.80. The minimum Gasteiger partial charge on any atom is -0.399 e. The number of aldehydes is 1. The van der Waals surface area contributed by atoms with Crippen LogP contribution in [0.4, 0.5) is 0 Å². The second kappa shape index (κ2) is 4.95. The van der Waals surface area contributed by atoms with Crippen LogP contribution in [0.2, 0.25) is 0 Å². The van der Waals surface area contributed by atoms with E-state index < -0.39 is 18.3 Å². The van der Waals surface area contributed by atoms with Gasteiger partial charge in [-0.25, -0.2) is 0 Å². The Hall–Kier alpha value is -1.39. The Balaban J connectivity index is 2.26. The molecule has 1 fully saturated rings. The molecular formula is C15H19BO3. The number of carbonyl (C=O) groups excluding carboxylic acids is 1. The van der Waals surface area contributed by atoms with Crippen molar-refractivity contribution in [2.24, 2.45) is 0 Å². The van der Waals surface area contributed by atoms with Crippen LogP contribution in [-0.4, -0.2) is 24.6 Å². The lowest BCUT2D eigenvalue weighted by atomic mass is 9.78. The summed E-state index contributed by atoms with van der Waals surface area (Å²) in [7, 11) is -0.609. The van der Waals surface area contributed by atoms with E-state index in [2.05, 4.69) is 0 Å². The molecule has 0 bridgehead atoms. The maximum Gasteiger partial charge on any atom is 0.498 e. The molecule has 0 atom stereocenters. The second-order valence-corrected chi connectivity index (χ2v) is 5.76. The molecule has 0 unspecified atom stereocenters. The summed E-state index contributed by atoms with van der Waals surface area (Å²) < 4.78 is 11.7. The molecule has 1 aliphatic heterocycles. The quantitative estimate of drug-likeness (QED) is 0.475. The third-order valence-electron chi connectivity index (χ3n) is 3.79. The van der Waals surface area contributed by atoms with Gasteiger partial charge in [-0.05, 0) is 33.3 Å². The molecule has 3 nitrogen and oxygen atoms in total. The molecule has 1 saturated heterocycles. The first-order chi connectivity index (χ1) is 8.86. The first kappa shape index (κ1) is 14.0. The van der Waals surface area contributed by atoms with E-state index in [4.69, 9.17) is 9.31 Å². The van der Waals surface area contributed by atoms with Crippen LogP contribution in [0, 0.1) is 0 Å². The zero-order valence-corrected chi connectivity index (χ0v) is 11.8. The fourth-order valence-corrected chi connectivity index (χ4v) is 1.88. The highest BCUT2D eigenvalue weighted by Crippen LogP contribution is 2.38. The molecule has 4 heteroatoms. The molecule has 0 aliphatic carbocycles. The summed E-state index contributed by atoms with van der Waals surface area (Å²) >= 11 is 0. The highest BCUT2D eigenvalue weighted by atomic mass is 16.7. The summed E-state index contributed by atoms with van der Waals surface area (Å²) in [6.45, 7) is 7.88. The molecule has 0 radical (unpaired) electrons. The molecule has 2 rings (SSSR count). The molecule has 100 valence electrons. The zero-order valence-electron chi connectivity index (χ0n) is 11.8. The highest BCUT2D eigenvalue weighted by molar-refractivity contribution is 6.61.